The first-order valence-corrected chi connectivity index (χ1v) is 50.7. The maximum absolute atomic E-state index is 13.3. The van der Waals surface area contributed by atoms with Gasteiger partial charge in [-0.05, 0) is 139 Å². The summed E-state index contributed by atoms with van der Waals surface area (Å²) in [6, 6.07) is 98.5. The number of aromatic nitrogens is 24. The number of halogens is 2. The van der Waals surface area contributed by atoms with Crippen LogP contribution in [0, 0.1) is 0 Å². The van der Waals surface area contributed by atoms with Gasteiger partial charge in [0.1, 0.15) is 46.1 Å². The van der Waals surface area contributed by atoms with E-state index >= 15 is 0 Å². The number of imidazole rings is 4. The van der Waals surface area contributed by atoms with Crippen LogP contribution in [0.5, 0.6) is 0 Å². The van der Waals surface area contributed by atoms with Crippen molar-refractivity contribution in [2.75, 3.05) is 13.2 Å². The smallest absolute Gasteiger partial charge is 0.357 e. The number of esters is 2. The van der Waals surface area contributed by atoms with E-state index in [4.69, 9.17) is 52.6 Å². The third-order valence-corrected chi connectivity index (χ3v) is 26.0. The SMILES string of the molecule is CCCCc1nc(-c2ccccc2)c(C(=O)O)n1Cc1ccc(-c2ccccc2-c2nn[nH]n2)cc1.CCCCc1nc(-c2ccccc2)c(C(=O)OCC)n1Cc1ccc(-c2ccccc2-c2nn[nH]n2)cc1.CCCCc1nc(-c2ccccc2Cl)c(C(=O)O)n1Cc1ccc(-c2ccccc2-c2nn[nH]n2)cc1.CCCCc1nc(-c2ccccc2Cl)c(C(=O)OCC)n1Cc1ccc(-c2ccccc2-c2nn[nH]n2)cc1. The number of nitrogens with zero attached hydrogens (tertiary/aromatic N) is 20. The molecular weight excluding hydrogens is 1930 g/mol. The highest BCUT2D eigenvalue weighted by molar-refractivity contribution is 6.34. The molecule has 34 heteroatoms. The molecule has 0 aliphatic rings. The number of ether oxygens (including phenoxy) is 2. The number of hydrogen-bond acceptors (Lipinski definition) is 22. The molecule has 0 fully saturated rings. The number of H-pyrrole nitrogens is 4. The molecule has 756 valence electrons. The van der Waals surface area contributed by atoms with E-state index in [2.05, 4.69) is 159 Å². The van der Waals surface area contributed by atoms with Gasteiger partial charge in [-0.25, -0.2) is 39.1 Å². The van der Waals surface area contributed by atoms with Gasteiger partial charge in [-0.3, -0.25) is 0 Å². The summed E-state index contributed by atoms with van der Waals surface area (Å²) in [4.78, 5) is 70.9. The summed E-state index contributed by atoms with van der Waals surface area (Å²) in [5.74, 6) is 2.63. The molecule has 0 spiro atoms. The number of carbonyl (C=O) groups is 4. The van der Waals surface area contributed by atoms with Crippen molar-refractivity contribution in [3.8, 4) is 135 Å². The van der Waals surface area contributed by atoms with Gasteiger partial charge in [-0.2, -0.15) is 20.9 Å². The number of carbonyl (C=O) groups excluding carboxylic acids is 2. The van der Waals surface area contributed by atoms with Crippen LogP contribution in [0.3, 0.4) is 0 Å². The standard InChI is InChI=1S/C30H29ClN6O2.C30H30N6O2.C28H25ClN6O2.C28H26N6O2/c1-3-5-14-26-32-27(24-12-8-9-13-25(24)31)28(30(38)39-4-2)37(26)19-20-15-17-21(18-16-20)22-10-6-7-11-23(22)29-33-35-36-34-29;1-3-5-15-26-31-27(23-11-7-6-8-12-23)28(30(37)38-4-2)36(26)20-21-16-18-22(19-17-21)24-13-9-10-14-25(24)29-32-34-35-33-29;1-2-3-12-24-30-25(22-10-6-7-11-23(22)29)26(28(36)37)35(24)17-18-13-15-19(16-14-18)20-8-4-5-9-21(20)27-31-33-34-32-27;1-2-3-13-24-29-25(21-9-5-4-6-10-21)26(28(35)36)34(24)18-19-14-16-20(17-15-19)22-11-7-8-12-23(22)27-30-32-33-31-27/h6-13,15-18H,3-5,14,19H2,1-2H3,(H,33,34,35,36);6-14,16-19H,3-5,15,20H2,1-2H3,(H,32,33,34,35);4-11,13-16H,2-3,12,17H2,1H3,(H,36,37)(H,31,32,33,34);4-12,14-17H,2-3,13,18H2,1H3,(H,35,36)(H,30,31,32,33). The van der Waals surface area contributed by atoms with Gasteiger partial charge in [-0.1, -0.05) is 368 Å². The van der Waals surface area contributed by atoms with E-state index in [9.17, 15) is 29.4 Å². The molecule has 32 nitrogen and oxygen atoms in total. The van der Waals surface area contributed by atoms with Gasteiger partial charge in [0.2, 0.25) is 23.3 Å². The van der Waals surface area contributed by atoms with Crippen LogP contribution in [0.15, 0.2) is 303 Å². The Hall–Kier alpha value is -17.8. The Balaban J connectivity index is 0.000000136. The van der Waals surface area contributed by atoms with Crippen LogP contribution in [0.2, 0.25) is 10.0 Å². The normalized spacial score (nSPS) is 11.0. The summed E-state index contributed by atoms with van der Waals surface area (Å²) in [6.07, 6.45) is 10.7. The number of tetrazole rings is 4. The van der Waals surface area contributed by atoms with E-state index < -0.39 is 17.9 Å². The van der Waals surface area contributed by atoms with E-state index in [1.165, 1.54) is 0 Å². The highest BCUT2D eigenvalue weighted by Crippen LogP contribution is 2.40. The van der Waals surface area contributed by atoms with Gasteiger partial charge in [0.25, 0.3) is 0 Å². The highest BCUT2D eigenvalue weighted by atomic mass is 35.5. The van der Waals surface area contributed by atoms with E-state index in [1.807, 2.05) is 263 Å². The van der Waals surface area contributed by atoms with Gasteiger partial charge in [0, 0.05) is 96.4 Å². The number of nitrogens with one attached hydrogen (secondary N) is 4. The first kappa shape index (κ1) is 104. The minimum Gasteiger partial charge on any atom is -0.477 e. The van der Waals surface area contributed by atoms with Crippen LogP contribution < -0.4 is 0 Å². The van der Waals surface area contributed by atoms with E-state index in [0.717, 1.165) is 194 Å². The zero-order chi connectivity index (χ0) is 104. The lowest BCUT2D eigenvalue weighted by atomic mass is 9.98. The number of unbranched alkanes of at least 4 members (excludes halogenated alkanes) is 4. The minimum atomic E-state index is -1.03. The van der Waals surface area contributed by atoms with Crippen LogP contribution >= 0.6 is 23.2 Å². The number of hydrogen-bond donors (Lipinski definition) is 6. The monoisotopic (exact) mass is 2040 g/mol. The average Bonchev–Trinajstić information content (AvgIpc) is 1.64. The lowest BCUT2D eigenvalue weighted by Gasteiger charge is -2.13. The maximum atomic E-state index is 13.3. The van der Waals surface area contributed by atoms with E-state index in [0.29, 0.717) is 118 Å². The Bertz CT molecular complexity index is 7900. The first-order valence-electron chi connectivity index (χ1n) is 50.0. The molecule has 0 amide bonds. The number of carboxylic acids is 2. The summed E-state index contributed by atoms with van der Waals surface area (Å²) < 4.78 is 18.6. The zero-order valence-electron chi connectivity index (χ0n) is 83.6. The number of aromatic carboxylic acids is 2. The van der Waals surface area contributed by atoms with Crippen LogP contribution in [0.4, 0.5) is 0 Å². The second-order valence-electron chi connectivity index (χ2n) is 35.3. The molecule has 6 N–H and O–H groups in total. The predicted molar refractivity (Wildman–Crippen MR) is 578 cm³/mol. The first-order chi connectivity index (χ1) is 73.5. The van der Waals surface area contributed by atoms with Gasteiger partial charge in [0.05, 0.1) is 23.3 Å². The molecule has 150 heavy (non-hydrogen) atoms. The molecule has 0 saturated heterocycles. The van der Waals surface area contributed by atoms with Crippen LogP contribution in [-0.2, 0) is 61.3 Å². The predicted octanol–water partition coefficient (Wildman–Crippen LogP) is 24.2. The Morgan fingerprint density at radius 1 is 0.267 bits per heavy atom. The molecule has 0 atom stereocenters. The van der Waals surface area contributed by atoms with Crippen molar-refractivity contribution >= 4 is 47.1 Å². The molecule has 0 unspecified atom stereocenters. The van der Waals surface area contributed by atoms with E-state index in [-0.39, 0.29) is 24.0 Å². The maximum Gasteiger partial charge on any atom is 0.357 e. The molecule has 0 aliphatic carbocycles. The third-order valence-electron chi connectivity index (χ3n) is 25.4. The van der Waals surface area contributed by atoms with Crippen molar-refractivity contribution < 1.29 is 38.9 Å². The summed E-state index contributed by atoms with van der Waals surface area (Å²) in [6.45, 7) is 14.5. The second kappa shape index (κ2) is 50.4. The van der Waals surface area contributed by atoms with Gasteiger partial charge in [0.15, 0.2) is 22.8 Å². The number of carboxylic acid groups (broad SMARTS) is 2. The number of benzene rings is 12. The Kier molecular flexibility index (Phi) is 34.8. The molecule has 8 heterocycles. The third kappa shape index (κ3) is 24.4. The molecule has 20 aromatic rings. The van der Waals surface area contributed by atoms with Crippen LogP contribution in [0.25, 0.3) is 135 Å². The van der Waals surface area contributed by atoms with Gasteiger partial charge in [-0.15, -0.1) is 40.8 Å². The fourth-order valence-corrected chi connectivity index (χ4v) is 18.5. The topological polar surface area (TPSA) is 416 Å². The fourth-order valence-electron chi connectivity index (χ4n) is 18.0. The van der Waals surface area contributed by atoms with E-state index in [1.54, 1.807) is 23.6 Å². The van der Waals surface area contributed by atoms with Crippen molar-refractivity contribution in [2.45, 2.75) is 145 Å². The summed E-state index contributed by atoms with van der Waals surface area (Å²) in [7, 11) is 0. The molecule has 0 saturated carbocycles. The molecule has 0 radical (unpaired) electrons. The van der Waals surface area contributed by atoms with Crippen molar-refractivity contribution in [1.29, 1.82) is 0 Å². The highest BCUT2D eigenvalue weighted by Gasteiger charge is 2.32. The molecule has 20 rings (SSSR count). The summed E-state index contributed by atoms with van der Waals surface area (Å²) in [5.41, 5.74) is 22.1. The van der Waals surface area contributed by atoms with Crippen molar-refractivity contribution in [2.24, 2.45) is 0 Å². The average molecular weight is 2040 g/mol. The van der Waals surface area contributed by atoms with Crippen LogP contribution in [-0.4, -0.2) is 168 Å². The molecule has 12 aromatic carbocycles. The molecule has 0 aliphatic heterocycles. The van der Waals surface area contributed by atoms with Crippen molar-refractivity contribution in [3.05, 3.63) is 382 Å². The number of aryl methyl sites for hydroxylation is 4. The lowest BCUT2D eigenvalue weighted by Crippen LogP contribution is -2.16. The number of rotatable bonds is 38. The second-order valence-corrected chi connectivity index (χ2v) is 36.1. The quantitative estimate of drug-likeness (QED) is 0.0196. The summed E-state index contributed by atoms with van der Waals surface area (Å²) in [5, 5.41) is 79.2. The van der Waals surface area contributed by atoms with Crippen molar-refractivity contribution in [3.63, 3.8) is 0 Å². The minimum absolute atomic E-state index is 0.144. The summed E-state index contributed by atoms with van der Waals surface area (Å²) >= 11 is 13.0. The Morgan fingerprint density at radius 2 is 0.493 bits per heavy atom. The lowest BCUT2D eigenvalue weighted by molar-refractivity contribution is 0.0505. The molecular formula is C116H110Cl2N24O8. The van der Waals surface area contributed by atoms with Crippen molar-refractivity contribution in [1.82, 2.24) is 121 Å². The Morgan fingerprint density at radius 3 is 0.747 bits per heavy atom. The zero-order valence-corrected chi connectivity index (χ0v) is 85.2. The van der Waals surface area contributed by atoms with Crippen LogP contribution in [0.1, 0.15) is 180 Å². The number of aromatic amines is 4. The molecule has 0 bridgehead atoms. The molecule has 8 aromatic heterocycles. The fraction of sp³-hybridized carbons (Fsp3) is 0.207. The largest absolute Gasteiger partial charge is 0.477 e. The Labute approximate surface area is 875 Å². The van der Waals surface area contributed by atoms with Gasteiger partial charge < -0.3 is 38.0 Å². The van der Waals surface area contributed by atoms with Gasteiger partial charge >= 0.3 is 23.9 Å².